The fraction of sp³-hybridized carbons (Fsp3) is 0.300. The molecule has 5 heteroatoms. The Morgan fingerprint density at radius 3 is 2.60 bits per heavy atom. The summed E-state index contributed by atoms with van der Waals surface area (Å²) in [6, 6.07) is 4.63. The van der Waals surface area contributed by atoms with Gasteiger partial charge in [0.15, 0.2) is 6.29 Å². The molecule has 0 spiro atoms. The summed E-state index contributed by atoms with van der Waals surface area (Å²) in [5.41, 5.74) is 1.03. The van der Waals surface area contributed by atoms with Crippen LogP contribution in [0.4, 0.5) is 5.69 Å². The van der Waals surface area contributed by atoms with Crippen LogP contribution in [0.1, 0.15) is 11.9 Å². The van der Waals surface area contributed by atoms with Crippen LogP contribution in [-0.4, -0.2) is 25.7 Å². The second kappa shape index (κ2) is 5.33. The molecule has 0 radical (unpaired) electrons. The van der Waals surface area contributed by atoms with Crippen LogP contribution < -0.4 is 5.32 Å². The van der Waals surface area contributed by atoms with Crippen LogP contribution in [0.2, 0.25) is 0 Å². The SMILES string of the molecule is COC(OC)c1cc(NC=O)ccc1O. The van der Waals surface area contributed by atoms with E-state index in [1.807, 2.05) is 0 Å². The average Bonchev–Trinajstić information content (AvgIpc) is 2.24. The highest BCUT2D eigenvalue weighted by Gasteiger charge is 2.14. The number of benzene rings is 1. The van der Waals surface area contributed by atoms with Gasteiger partial charge in [0.2, 0.25) is 6.41 Å². The lowest BCUT2D eigenvalue weighted by Crippen LogP contribution is -2.05. The van der Waals surface area contributed by atoms with Gasteiger partial charge < -0.3 is 19.9 Å². The van der Waals surface area contributed by atoms with Crippen LogP contribution in [0.25, 0.3) is 0 Å². The Balaban J connectivity index is 3.03. The van der Waals surface area contributed by atoms with Crippen molar-refractivity contribution >= 4 is 12.1 Å². The van der Waals surface area contributed by atoms with Crippen LogP contribution in [0.3, 0.4) is 0 Å². The van der Waals surface area contributed by atoms with Crippen LogP contribution in [0.15, 0.2) is 18.2 Å². The zero-order valence-electron chi connectivity index (χ0n) is 8.56. The molecule has 1 aromatic rings. The zero-order chi connectivity index (χ0) is 11.3. The molecular formula is C10H13NO4. The van der Waals surface area contributed by atoms with E-state index in [0.29, 0.717) is 17.7 Å². The van der Waals surface area contributed by atoms with Crippen molar-refractivity contribution in [3.63, 3.8) is 0 Å². The molecule has 82 valence electrons. The first kappa shape index (κ1) is 11.5. The van der Waals surface area contributed by atoms with E-state index >= 15 is 0 Å². The van der Waals surface area contributed by atoms with E-state index in [9.17, 15) is 9.90 Å². The lowest BCUT2D eigenvalue weighted by Gasteiger charge is -2.15. The van der Waals surface area contributed by atoms with Gasteiger partial charge in [-0.1, -0.05) is 0 Å². The van der Waals surface area contributed by atoms with Gasteiger partial charge in [-0.2, -0.15) is 0 Å². The molecule has 1 rings (SSSR count). The molecule has 1 aromatic carbocycles. The number of nitrogens with one attached hydrogen (secondary N) is 1. The molecule has 0 aliphatic heterocycles. The maximum atomic E-state index is 10.2. The van der Waals surface area contributed by atoms with Crippen LogP contribution >= 0.6 is 0 Å². The number of carbonyl (C=O) groups excluding carboxylic acids is 1. The largest absolute Gasteiger partial charge is 0.507 e. The van der Waals surface area contributed by atoms with E-state index in [1.165, 1.54) is 20.3 Å². The van der Waals surface area contributed by atoms with Crippen molar-refractivity contribution in [2.75, 3.05) is 19.5 Å². The number of carbonyl (C=O) groups is 1. The summed E-state index contributed by atoms with van der Waals surface area (Å²) >= 11 is 0. The van der Waals surface area contributed by atoms with E-state index in [2.05, 4.69) is 5.32 Å². The monoisotopic (exact) mass is 211 g/mol. The fourth-order valence-corrected chi connectivity index (χ4v) is 1.25. The second-order valence-electron chi connectivity index (χ2n) is 2.84. The van der Waals surface area contributed by atoms with E-state index in [0.717, 1.165) is 0 Å². The van der Waals surface area contributed by atoms with Crippen molar-refractivity contribution in [3.05, 3.63) is 23.8 Å². The smallest absolute Gasteiger partial charge is 0.211 e. The van der Waals surface area contributed by atoms with Gasteiger partial charge in [-0.05, 0) is 18.2 Å². The Labute approximate surface area is 87.6 Å². The molecule has 0 aliphatic rings. The van der Waals surface area contributed by atoms with E-state index < -0.39 is 6.29 Å². The second-order valence-corrected chi connectivity index (χ2v) is 2.84. The van der Waals surface area contributed by atoms with Gasteiger partial charge in [-0.3, -0.25) is 4.79 Å². The molecule has 5 nitrogen and oxygen atoms in total. The first-order valence-electron chi connectivity index (χ1n) is 4.31. The molecule has 0 atom stereocenters. The molecule has 2 N–H and O–H groups in total. The third-order valence-corrected chi connectivity index (χ3v) is 1.94. The summed E-state index contributed by atoms with van der Waals surface area (Å²) in [4.78, 5) is 10.2. The number of hydrogen-bond acceptors (Lipinski definition) is 4. The number of phenolic OH excluding ortho intramolecular Hbond substituents is 1. The summed E-state index contributed by atoms with van der Waals surface area (Å²) in [6.45, 7) is 0. The molecule has 0 fully saturated rings. The Bertz CT molecular complexity index is 336. The Morgan fingerprint density at radius 2 is 2.07 bits per heavy atom. The maximum Gasteiger partial charge on any atom is 0.211 e. The minimum Gasteiger partial charge on any atom is -0.507 e. The highest BCUT2D eigenvalue weighted by Crippen LogP contribution is 2.29. The van der Waals surface area contributed by atoms with Crippen molar-refractivity contribution < 1.29 is 19.4 Å². The topological polar surface area (TPSA) is 67.8 Å². The van der Waals surface area contributed by atoms with E-state index in [-0.39, 0.29) is 5.75 Å². The van der Waals surface area contributed by atoms with Crippen molar-refractivity contribution in [2.45, 2.75) is 6.29 Å². The number of hydrogen-bond donors (Lipinski definition) is 2. The summed E-state index contributed by atoms with van der Waals surface area (Å²) in [7, 11) is 2.93. The summed E-state index contributed by atoms with van der Waals surface area (Å²) in [5.74, 6) is 0.0557. The Morgan fingerprint density at radius 1 is 1.40 bits per heavy atom. The number of phenols is 1. The van der Waals surface area contributed by atoms with Gasteiger partial charge in [-0.25, -0.2) is 0 Å². The minimum absolute atomic E-state index is 0.0557. The number of ether oxygens (including phenoxy) is 2. The van der Waals surface area contributed by atoms with Crippen LogP contribution in [-0.2, 0) is 14.3 Å². The lowest BCUT2D eigenvalue weighted by atomic mass is 10.1. The first-order chi connectivity index (χ1) is 7.22. The molecule has 0 saturated heterocycles. The van der Waals surface area contributed by atoms with E-state index in [1.54, 1.807) is 12.1 Å². The lowest BCUT2D eigenvalue weighted by molar-refractivity contribution is -0.107. The molecule has 0 saturated carbocycles. The van der Waals surface area contributed by atoms with Gasteiger partial charge in [0, 0.05) is 19.9 Å². The quantitative estimate of drug-likeness (QED) is 0.437. The average molecular weight is 211 g/mol. The number of rotatable bonds is 5. The standard InChI is InChI=1S/C10H13NO4/c1-14-10(15-2)8-5-7(11-6-12)3-4-9(8)13/h3-6,10,13H,1-2H3,(H,11,12). The number of anilines is 1. The van der Waals surface area contributed by atoms with Gasteiger partial charge in [0.1, 0.15) is 5.75 Å². The molecule has 15 heavy (non-hydrogen) atoms. The maximum absolute atomic E-state index is 10.2. The normalized spacial score (nSPS) is 10.3. The molecule has 0 bridgehead atoms. The molecule has 1 amide bonds. The third-order valence-electron chi connectivity index (χ3n) is 1.94. The Hall–Kier alpha value is -1.59. The third kappa shape index (κ3) is 2.68. The van der Waals surface area contributed by atoms with Crippen molar-refractivity contribution in [1.29, 1.82) is 0 Å². The van der Waals surface area contributed by atoms with E-state index in [4.69, 9.17) is 9.47 Å². The van der Waals surface area contributed by atoms with Crippen LogP contribution in [0.5, 0.6) is 5.75 Å². The van der Waals surface area contributed by atoms with Crippen LogP contribution in [0, 0.1) is 0 Å². The van der Waals surface area contributed by atoms with Crippen molar-refractivity contribution in [2.24, 2.45) is 0 Å². The highest BCUT2D eigenvalue weighted by atomic mass is 16.7. The number of methoxy groups -OCH3 is 2. The summed E-state index contributed by atoms with van der Waals surface area (Å²) in [5, 5.41) is 12.0. The summed E-state index contributed by atoms with van der Waals surface area (Å²) < 4.78 is 10.0. The molecule has 0 aliphatic carbocycles. The fourth-order valence-electron chi connectivity index (χ4n) is 1.25. The number of aromatic hydroxyl groups is 1. The molecule has 0 heterocycles. The zero-order valence-corrected chi connectivity index (χ0v) is 8.56. The predicted octanol–water partition coefficient (Wildman–Crippen LogP) is 1.25. The predicted molar refractivity (Wildman–Crippen MR) is 54.6 cm³/mol. The van der Waals surface area contributed by atoms with Gasteiger partial charge in [0.05, 0.1) is 5.56 Å². The number of amides is 1. The highest BCUT2D eigenvalue weighted by molar-refractivity contribution is 5.72. The van der Waals surface area contributed by atoms with Crippen molar-refractivity contribution in [1.82, 2.24) is 0 Å². The first-order valence-corrected chi connectivity index (χ1v) is 4.31. The van der Waals surface area contributed by atoms with Crippen molar-refractivity contribution in [3.8, 4) is 5.75 Å². The van der Waals surface area contributed by atoms with Gasteiger partial charge >= 0.3 is 0 Å². The van der Waals surface area contributed by atoms with Gasteiger partial charge in [0.25, 0.3) is 0 Å². The molecule has 0 unspecified atom stereocenters. The Kier molecular flexibility index (Phi) is 4.08. The minimum atomic E-state index is -0.654. The molecule has 0 aromatic heterocycles. The molecular weight excluding hydrogens is 198 g/mol. The summed E-state index contributed by atoms with van der Waals surface area (Å²) in [6.07, 6.45) is -0.0940. The van der Waals surface area contributed by atoms with Gasteiger partial charge in [-0.15, -0.1) is 0 Å².